The fourth-order valence-electron chi connectivity index (χ4n) is 1.26. The molecule has 0 fully saturated rings. The first-order valence-corrected chi connectivity index (χ1v) is 5.37. The van der Waals surface area contributed by atoms with Crippen LogP contribution in [0.15, 0.2) is 59.8 Å². The van der Waals surface area contributed by atoms with Crippen molar-refractivity contribution in [2.24, 2.45) is 0 Å². The van der Waals surface area contributed by atoms with Crippen LogP contribution in [0.25, 0.3) is 0 Å². The lowest BCUT2D eigenvalue weighted by atomic mass is 9.90. The van der Waals surface area contributed by atoms with E-state index < -0.39 is 0 Å². The van der Waals surface area contributed by atoms with E-state index in [1.54, 1.807) is 0 Å². The van der Waals surface area contributed by atoms with Crippen molar-refractivity contribution in [1.82, 2.24) is 0 Å². The molecule has 0 bridgehead atoms. The minimum absolute atomic E-state index is 0.125. The molecule has 0 amide bonds. The van der Waals surface area contributed by atoms with Crippen LogP contribution in [0.1, 0.15) is 0 Å². The third-order valence-electron chi connectivity index (χ3n) is 1.96. The van der Waals surface area contributed by atoms with E-state index in [9.17, 15) is 0 Å². The van der Waals surface area contributed by atoms with Crippen molar-refractivity contribution in [2.75, 3.05) is 0 Å². The van der Waals surface area contributed by atoms with Gasteiger partial charge in [0, 0.05) is 12.1 Å². The predicted octanol–water partition coefficient (Wildman–Crippen LogP) is 1.74. The van der Waals surface area contributed by atoms with E-state index in [4.69, 9.17) is 0 Å². The Morgan fingerprint density at radius 3 is 2.64 bits per heavy atom. The average Bonchev–Trinajstić information content (AvgIpc) is 2.72. The van der Waals surface area contributed by atoms with Crippen molar-refractivity contribution in [3.8, 4) is 0 Å². The van der Waals surface area contributed by atoms with Crippen LogP contribution in [0.3, 0.4) is 0 Å². The van der Waals surface area contributed by atoms with Gasteiger partial charge in [-0.05, 0) is 6.08 Å². The molecule has 68 valence electrons. The van der Waals surface area contributed by atoms with Crippen molar-refractivity contribution >= 4 is 26.8 Å². The minimum Gasteiger partial charge on any atom is -0.461 e. The Bertz CT molecular complexity index is 453. The van der Waals surface area contributed by atoms with Crippen molar-refractivity contribution < 1.29 is 4.90 Å². The molecule has 3 heteroatoms. The molecule has 0 unspecified atom stereocenters. The van der Waals surface area contributed by atoms with E-state index in [2.05, 4.69) is 26.4 Å². The smallest absolute Gasteiger partial charge is 0.279 e. The van der Waals surface area contributed by atoms with Crippen molar-refractivity contribution in [1.29, 1.82) is 0 Å². The number of nitrogens with one attached hydrogen (secondary N) is 1. The Morgan fingerprint density at radius 2 is 2.00 bits per heavy atom. The van der Waals surface area contributed by atoms with Crippen LogP contribution in [0.2, 0.25) is 0 Å². The lowest BCUT2D eigenvalue weighted by Gasteiger charge is -1.99. The zero-order valence-corrected chi connectivity index (χ0v) is 9.16. The molecule has 1 aromatic rings. The summed E-state index contributed by atoms with van der Waals surface area (Å²) in [5, 5.41) is 0.125. The largest absolute Gasteiger partial charge is 0.461 e. The molecular formula is C11H9BBrN. The van der Waals surface area contributed by atoms with E-state index in [0.29, 0.717) is 0 Å². The molecule has 0 atom stereocenters. The summed E-state index contributed by atoms with van der Waals surface area (Å²) in [5.41, 5.74) is 5.37. The molecule has 0 spiro atoms. The molecule has 0 radical (unpaired) electrons. The van der Waals surface area contributed by atoms with Crippen LogP contribution in [0.5, 0.6) is 0 Å². The van der Waals surface area contributed by atoms with E-state index in [1.165, 1.54) is 0 Å². The summed E-state index contributed by atoms with van der Waals surface area (Å²) in [4.78, 5) is 3.33. The first kappa shape index (κ1) is 9.38. The van der Waals surface area contributed by atoms with E-state index in [0.717, 1.165) is 11.2 Å². The zero-order valence-electron chi connectivity index (χ0n) is 7.57. The predicted molar refractivity (Wildman–Crippen MR) is 62.5 cm³/mol. The molecule has 0 saturated heterocycles. The van der Waals surface area contributed by atoms with Crippen molar-refractivity contribution in [2.45, 2.75) is 0 Å². The van der Waals surface area contributed by atoms with E-state index in [1.807, 2.05) is 48.6 Å². The number of hydrogen-bond donors (Lipinski definition) is 1. The summed E-state index contributed by atoms with van der Waals surface area (Å²) in [6.45, 7) is 0. The monoisotopic (exact) mass is 245 g/mol. The Labute approximate surface area is 91.6 Å². The molecule has 0 aliphatic heterocycles. The molecule has 1 aliphatic carbocycles. The standard InChI is InChI=1S/C11H9BBrN/c13-12(10-6-4-5-7-10)14-11-8-2-1-3-9-11/h1-6,8-9,14H. The van der Waals surface area contributed by atoms with Crippen LogP contribution in [-0.4, -0.2) is 5.33 Å². The number of halogens is 1. The number of para-hydroxylation sites is 1. The molecule has 1 aromatic carbocycles. The molecular weight excluding hydrogens is 237 g/mol. The Balaban J connectivity index is 2.28. The van der Waals surface area contributed by atoms with Crippen molar-refractivity contribution in [3.05, 3.63) is 59.8 Å². The first-order chi connectivity index (χ1) is 6.86. The summed E-state index contributed by atoms with van der Waals surface area (Å²) in [6, 6.07) is 10.1. The number of hydrogen-bond acceptors (Lipinski definition) is 0. The van der Waals surface area contributed by atoms with Crippen LogP contribution in [0, 0.1) is 0 Å². The maximum absolute atomic E-state index is 3.56. The van der Waals surface area contributed by atoms with Gasteiger partial charge in [0.1, 0.15) is 5.69 Å². The fourth-order valence-corrected chi connectivity index (χ4v) is 1.81. The second kappa shape index (κ2) is 4.36. The molecule has 2 rings (SSSR count). The van der Waals surface area contributed by atoms with Gasteiger partial charge in [0.25, 0.3) is 5.33 Å². The van der Waals surface area contributed by atoms with Crippen molar-refractivity contribution in [3.63, 3.8) is 0 Å². The van der Waals surface area contributed by atoms with Crippen LogP contribution in [-0.2, 0) is 0 Å². The van der Waals surface area contributed by atoms with E-state index in [-0.39, 0.29) is 5.33 Å². The molecule has 1 aliphatic rings. The first-order valence-electron chi connectivity index (χ1n) is 4.45. The molecule has 1 nitrogen and oxygen atoms in total. The third kappa shape index (κ3) is 2.19. The molecule has 1 N–H and O–H groups in total. The van der Waals surface area contributed by atoms with Gasteiger partial charge in [0.2, 0.25) is 0 Å². The van der Waals surface area contributed by atoms with Gasteiger partial charge >= 0.3 is 0 Å². The highest BCUT2D eigenvalue weighted by Crippen LogP contribution is 2.04. The SMILES string of the molecule is Br[B-](=[NH+]c1ccccc1)C1=C=CC=C1. The quantitative estimate of drug-likeness (QED) is 0.603. The third-order valence-corrected chi connectivity index (χ3v) is 2.68. The molecule has 14 heavy (non-hydrogen) atoms. The highest BCUT2D eigenvalue weighted by molar-refractivity contribution is 9.24. The number of rotatable bonds is 2. The Morgan fingerprint density at radius 1 is 1.21 bits per heavy atom. The highest BCUT2D eigenvalue weighted by atomic mass is 79.9. The summed E-state index contributed by atoms with van der Waals surface area (Å²) >= 11 is 3.56. The van der Waals surface area contributed by atoms with Gasteiger partial charge in [-0.15, -0.1) is 5.47 Å². The topological polar surface area (TPSA) is 14.0 Å². The van der Waals surface area contributed by atoms with Crippen LogP contribution in [0.4, 0.5) is 5.69 Å². The average molecular weight is 246 g/mol. The maximum Gasteiger partial charge on any atom is 0.279 e. The molecule has 0 saturated carbocycles. The second-order valence-electron chi connectivity index (χ2n) is 3.00. The molecule has 0 heterocycles. The summed E-state index contributed by atoms with van der Waals surface area (Å²) < 4.78 is 0. The van der Waals surface area contributed by atoms with Gasteiger partial charge in [-0.1, -0.05) is 30.4 Å². The van der Waals surface area contributed by atoms with Crippen LogP contribution < -0.4 is 4.90 Å². The number of benzene rings is 1. The van der Waals surface area contributed by atoms with Gasteiger partial charge in [0.15, 0.2) is 0 Å². The lowest BCUT2D eigenvalue weighted by Crippen LogP contribution is -2.66. The fraction of sp³-hybridized carbons (Fsp3) is 0. The van der Waals surface area contributed by atoms with Crippen LogP contribution >= 0.6 is 15.8 Å². The van der Waals surface area contributed by atoms with Gasteiger partial charge in [-0.2, -0.15) is 5.73 Å². The minimum atomic E-state index is 0.125. The summed E-state index contributed by atoms with van der Waals surface area (Å²) in [7, 11) is 0. The summed E-state index contributed by atoms with van der Waals surface area (Å²) in [6.07, 6.45) is 5.93. The maximum atomic E-state index is 3.56. The molecule has 0 aromatic heterocycles. The highest BCUT2D eigenvalue weighted by Gasteiger charge is 1.98. The van der Waals surface area contributed by atoms with E-state index >= 15 is 0 Å². The Kier molecular flexibility index (Phi) is 2.92. The second-order valence-corrected chi connectivity index (χ2v) is 3.91. The normalized spacial score (nSPS) is 14.6. The van der Waals surface area contributed by atoms with Gasteiger partial charge < -0.3 is 4.90 Å². The zero-order chi connectivity index (χ0) is 9.80. The Hall–Kier alpha value is -1.18. The number of allylic oxidation sites excluding steroid dienone is 3. The lowest BCUT2D eigenvalue weighted by molar-refractivity contribution is -0.336. The van der Waals surface area contributed by atoms with Gasteiger partial charge in [-0.25, -0.2) is 0 Å². The van der Waals surface area contributed by atoms with Gasteiger partial charge in [-0.3, -0.25) is 15.8 Å². The summed E-state index contributed by atoms with van der Waals surface area (Å²) in [5.74, 6) is 0. The van der Waals surface area contributed by atoms with Gasteiger partial charge in [0.05, 0.1) is 0 Å².